The molecule has 242 valence electrons. The Hall–Kier alpha value is -4.35. The SMILES string of the molecule is CNC(=O)c1cc(NCC#Cc2cc(C(=O)N[C@H]3CCN(C[C@H](C)O)C[C@@H]3C)c3ncn(CC(F)(F)F)c3c2)c(OC)cc1F. The maximum atomic E-state index is 14.3. The second-order valence-electron chi connectivity index (χ2n) is 11.1. The van der Waals surface area contributed by atoms with Crippen molar-refractivity contribution < 1.29 is 37.0 Å². The van der Waals surface area contributed by atoms with E-state index in [2.05, 4.69) is 37.7 Å². The number of β-amino-alcohol motifs (C(OH)–C–C–N with tert-alkyl or cyclic N) is 1. The monoisotopic (exact) mass is 632 g/mol. The molecule has 0 radical (unpaired) electrons. The second-order valence-corrected chi connectivity index (χ2v) is 11.1. The number of nitrogens with zero attached hydrogens (tertiary/aromatic N) is 3. The number of carbonyl (C=O) groups excluding carboxylic acids is 2. The number of anilines is 1. The van der Waals surface area contributed by atoms with Crippen LogP contribution in [-0.4, -0.2) is 90.0 Å². The molecular weight excluding hydrogens is 596 g/mol. The Kier molecular flexibility index (Phi) is 10.6. The van der Waals surface area contributed by atoms with E-state index in [1.165, 1.54) is 32.4 Å². The number of ether oxygens (including phenoxy) is 1. The summed E-state index contributed by atoms with van der Waals surface area (Å²) in [5, 5.41) is 18.1. The highest BCUT2D eigenvalue weighted by atomic mass is 19.4. The lowest BCUT2D eigenvalue weighted by molar-refractivity contribution is -0.140. The van der Waals surface area contributed by atoms with Crippen molar-refractivity contribution in [3.63, 3.8) is 0 Å². The van der Waals surface area contributed by atoms with Crippen molar-refractivity contribution >= 4 is 28.5 Å². The van der Waals surface area contributed by atoms with Crippen molar-refractivity contribution in [2.24, 2.45) is 5.92 Å². The van der Waals surface area contributed by atoms with Gasteiger partial charge in [0.2, 0.25) is 0 Å². The molecule has 0 unspecified atom stereocenters. The molecule has 14 heteroatoms. The number of imidazole rings is 1. The van der Waals surface area contributed by atoms with Crippen molar-refractivity contribution in [1.29, 1.82) is 0 Å². The minimum atomic E-state index is -4.52. The summed E-state index contributed by atoms with van der Waals surface area (Å²) >= 11 is 0. The van der Waals surface area contributed by atoms with Crippen LogP contribution in [0.5, 0.6) is 5.75 Å². The molecule has 2 aromatic carbocycles. The molecule has 3 aromatic rings. The summed E-state index contributed by atoms with van der Waals surface area (Å²) in [5.41, 5.74) is 0.717. The molecule has 1 aromatic heterocycles. The maximum Gasteiger partial charge on any atom is 0.406 e. The number of aromatic nitrogens is 2. The van der Waals surface area contributed by atoms with Crippen molar-refractivity contribution in [3.05, 3.63) is 53.1 Å². The zero-order valence-corrected chi connectivity index (χ0v) is 25.4. The van der Waals surface area contributed by atoms with Crippen LogP contribution in [0.3, 0.4) is 0 Å². The first-order chi connectivity index (χ1) is 21.3. The average Bonchev–Trinajstić information content (AvgIpc) is 3.36. The molecule has 45 heavy (non-hydrogen) atoms. The lowest BCUT2D eigenvalue weighted by atomic mass is 9.93. The maximum absolute atomic E-state index is 14.3. The number of halogens is 4. The Labute approximate surface area is 258 Å². The fourth-order valence-electron chi connectivity index (χ4n) is 5.42. The summed E-state index contributed by atoms with van der Waals surface area (Å²) < 4.78 is 60.4. The Balaban J connectivity index is 1.60. The molecule has 1 saturated heterocycles. The Bertz CT molecular complexity index is 1610. The smallest absolute Gasteiger partial charge is 0.406 e. The molecule has 1 aliphatic rings. The van der Waals surface area contributed by atoms with E-state index in [1.54, 1.807) is 6.92 Å². The molecule has 10 nitrogen and oxygen atoms in total. The van der Waals surface area contributed by atoms with Gasteiger partial charge in [-0.1, -0.05) is 18.8 Å². The number of fused-ring (bicyclic) bond motifs is 1. The molecule has 2 amide bonds. The van der Waals surface area contributed by atoms with E-state index >= 15 is 0 Å². The zero-order valence-electron chi connectivity index (χ0n) is 25.4. The van der Waals surface area contributed by atoms with Gasteiger partial charge < -0.3 is 35.3 Å². The van der Waals surface area contributed by atoms with Gasteiger partial charge in [0.1, 0.15) is 23.6 Å². The number of aliphatic hydroxyl groups is 1. The van der Waals surface area contributed by atoms with E-state index in [0.29, 0.717) is 31.7 Å². The number of alkyl halides is 3. The minimum absolute atomic E-state index is 0.000891. The highest BCUT2D eigenvalue weighted by Gasteiger charge is 2.31. The van der Waals surface area contributed by atoms with Gasteiger partial charge in [-0.05, 0) is 37.5 Å². The Morgan fingerprint density at radius 2 is 1.96 bits per heavy atom. The summed E-state index contributed by atoms with van der Waals surface area (Å²) in [5.74, 6) is 4.08. The van der Waals surface area contributed by atoms with Crippen LogP contribution in [0.15, 0.2) is 30.6 Å². The average molecular weight is 633 g/mol. The fraction of sp³-hybridized carbons (Fsp3) is 0.452. The van der Waals surface area contributed by atoms with Crippen molar-refractivity contribution in [2.45, 2.75) is 45.1 Å². The fourth-order valence-corrected chi connectivity index (χ4v) is 5.42. The van der Waals surface area contributed by atoms with Crippen LogP contribution in [0.4, 0.5) is 23.2 Å². The largest absolute Gasteiger partial charge is 0.494 e. The highest BCUT2D eigenvalue weighted by molar-refractivity contribution is 6.05. The quantitative estimate of drug-likeness (QED) is 0.211. The molecular formula is C31H36F4N6O4. The second kappa shape index (κ2) is 14.2. The molecule has 0 saturated carbocycles. The van der Waals surface area contributed by atoms with E-state index in [0.717, 1.165) is 17.0 Å². The van der Waals surface area contributed by atoms with Gasteiger partial charge in [0.15, 0.2) is 0 Å². The third kappa shape index (κ3) is 8.43. The number of hydrogen-bond acceptors (Lipinski definition) is 7. The molecule has 1 fully saturated rings. The molecule has 3 atom stereocenters. The molecule has 0 aliphatic carbocycles. The molecule has 2 heterocycles. The zero-order chi connectivity index (χ0) is 32.9. The molecule has 1 aliphatic heterocycles. The number of hydrogen-bond donors (Lipinski definition) is 4. The summed E-state index contributed by atoms with van der Waals surface area (Å²) in [7, 11) is 2.72. The summed E-state index contributed by atoms with van der Waals surface area (Å²) in [6.45, 7) is 4.30. The number of nitrogens with one attached hydrogen (secondary N) is 3. The summed E-state index contributed by atoms with van der Waals surface area (Å²) in [4.78, 5) is 31.8. The van der Waals surface area contributed by atoms with Crippen LogP contribution < -0.4 is 20.7 Å². The number of piperidine rings is 1. The number of rotatable bonds is 9. The van der Waals surface area contributed by atoms with Crippen LogP contribution in [0, 0.1) is 23.6 Å². The molecule has 4 rings (SSSR count). The summed E-state index contributed by atoms with van der Waals surface area (Å²) in [6.07, 6.45) is -3.29. The Morgan fingerprint density at radius 1 is 1.20 bits per heavy atom. The number of aliphatic hydroxyl groups excluding tert-OH is 1. The molecule has 4 N–H and O–H groups in total. The van der Waals surface area contributed by atoms with Gasteiger partial charge in [0, 0.05) is 44.4 Å². The highest BCUT2D eigenvalue weighted by Crippen LogP contribution is 2.28. The predicted octanol–water partition coefficient (Wildman–Crippen LogP) is 3.39. The van der Waals surface area contributed by atoms with Crippen LogP contribution in [0.1, 0.15) is 46.5 Å². The van der Waals surface area contributed by atoms with Crippen LogP contribution >= 0.6 is 0 Å². The van der Waals surface area contributed by atoms with E-state index in [4.69, 9.17) is 4.74 Å². The predicted molar refractivity (Wildman–Crippen MR) is 161 cm³/mol. The van der Waals surface area contributed by atoms with E-state index in [1.807, 2.05) is 6.92 Å². The first-order valence-corrected chi connectivity index (χ1v) is 14.4. The van der Waals surface area contributed by atoms with Crippen LogP contribution in [-0.2, 0) is 6.54 Å². The topological polar surface area (TPSA) is 121 Å². The van der Waals surface area contributed by atoms with Gasteiger partial charge >= 0.3 is 6.18 Å². The Morgan fingerprint density at radius 3 is 2.60 bits per heavy atom. The number of benzene rings is 2. The lowest BCUT2D eigenvalue weighted by Crippen LogP contribution is -2.51. The minimum Gasteiger partial charge on any atom is -0.494 e. The number of carbonyl (C=O) groups is 2. The van der Waals surface area contributed by atoms with E-state index in [-0.39, 0.29) is 52.0 Å². The number of amides is 2. The van der Waals surface area contributed by atoms with Gasteiger partial charge in [-0.3, -0.25) is 9.59 Å². The number of likely N-dealkylation sites (tertiary alicyclic amines) is 1. The van der Waals surface area contributed by atoms with Crippen molar-refractivity contribution in [2.75, 3.05) is 45.7 Å². The van der Waals surface area contributed by atoms with Gasteiger partial charge in [0.05, 0.1) is 48.4 Å². The van der Waals surface area contributed by atoms with Gasteiger partial charge in [0.25, 0.3) is 11.8 Å². The standard InChI is InChI=1S/C31H36F4N6O4/c1-18-14-40(15-19(2)42)9-7-24(18)39-30(44)22-10-20(11-26-28(22)38-17-41(26)16-31(33,34)35)6-5-8-37-25-12-21(29(43)36-3)23(32)13-27(25)45-4/h10-13,17-19,24,37,42H,7-9,14-16H2,1-4H3,(H,36,43)(H,39,44)/t18-,19-,24-/m0/s1. The first-order valence-electron chi connectivity index (χ1n) is 14.4. The third-order valence-electron chi connectivity index (χ3n) is 7.51. The van der Waals surface area contributed by atoms with Crippen molar-refractivity contribution in [3.8, 4) is 17.6 Å². The molecule has 0 spiro atoms. The number of methoxy groups -OCH3 is 1. The van der Waals surface area contributed by atoms with Gasteiger partial charge in [-0.2, -0.15) is 13.2 Å². The van der Waals surface area contributed by atoms with E-state index < -0.39 is 36.5 Å². The van der Waals surface area contributed by atoms with Crippen LogP contribution in [0.25, 0.3) is 11.0 Å². The summed E-state index contributed by atoms with van der Waals surface area (Å²) in [6, 6.07) is 5.11. The van der Waals surface area contributed by atoms with E-state index in [9.17, 15) is 32.3 Å². The first kappa shape index (κ1) is 33.5. The van der Waals surface area contributed by atoms with Gasteiger partial charge in [-0.15, -0.1) is 0 Å². The molecule has 0 bridgehead atoms. The van der Waals surface area contributed by atoms with Crippen LogP contribution in [0.2, 0.25) is 0 Å². The normalized spacial score (nSPS) is 17.7. The third-order valence-corrected chi connectivity index (χ3v) is 7.51. The van der Waals surface area contributed by atoms with Crippen molar-refractivity contribution in [1.82, 2.24) is 25.1 Å². The lowest BCUT2D eigenvalue weighted by Gasteiger charge is -2.37. The van der Waals surface area contributed by atoms with Gasteiger partial charge in [-0.25, -0.2) is 9.37 Å².